The normalized spacial score (nSPS) is 10.3. The molecule has 0 aliphatic rings. The van der Waals surface area contributed by atoms with E-state index in [0.29, 0.717) is 5.69 Å². The summed E-state index contributed by atoms with van der Waals surface area (Å²) in [5, 5.41) is 6.70. The molecular formula is C11H9Cl2N5O2. The van der Waals surface area contributed by atoms with Gasteiger partial charge in [0.2, 0.25) is 5.91 Å². The van der Waals surface area contributed by atoms with Crippen molar-refractivity contribution in [2.24, 2.45) is 5.73 Å². The maximum Gasteiger partial charge on any atom is 0.255 e. The monoisotopic (exact) mass is 313 g/mol. The molecule has 2 heterocycles. The number of aromatic nitrogens is 3. The van der Waals surface area contributed by atoms with Crippen molar-refractivity contribution in [3.63, 3.8) is 0 Å². The molecule has 0 fully saturated rings. The van der Waals surface area contributed by atoms with Gasteiger partial charge in [-0.3, -0.25) is 14.3 Å². The number of halogens is 2. The third-order valence-electron chi connectivity index (χ3n) is 2.23. The van der Waals surface area contributed by atoms with Gasteiger partial charge < -0.3 is 11.1 Å². The zero-order valence-corrected chi connectivity index (χ0v) is 11.5. The second kappa shape index (κ2) is 5.89. The fraction of sp³-hybridized carbons (Fsp3) is 0.0909. The number of nitrogens with zero attached hydrogens (tertiary/aromatic N) is 3. The molecule has 0 saturated heterocycles. The molecule has 2 amide bonds. The first-order chi connectivity index (χ1) is 9.44. The van der Waals surface area contributed by atoms with E-state index >= 15 is 0 Å². The summed E-state index contributed by atoms with van der Waals surface area (Å²) >= 11 is 11.4. The summed E-state index contributed by atoms with van der Waals surface area (Å²) in [6.07, 6.45) is 2.87. The van der Waals surface area contributed by atoms with E-state index in [9.17, 15) is 9.59 Å². The van der Waals surface area contributed by atoms with Crippen LogP contribution in [-0.2, 0) is 11.3 Å². The lowest BCUT2D eigenvalue weighted by molar-refractivity contribution is -0.118. The molecule has 0 spiro atoms. The molecule has 0 bridgehead atoms. The quantitative estimate of drug-likeness (QED) is 0.831. The molecule has 0 aliphatic heterocycles. The summed E-state index contributed by atoms with van der Waals surface area (Å²) < 4.78 is 1.31. The summed E-state index contributed by atoms with van der Waals surface area (Å²) in [6, 6.07) is 2.77. The average molecular weight is 314 g/mol. The van der Waals surface area contributed by atoms with Gasteiger partial charge in [0, 0.05) is 11.8 Å². The zero-order valence-electron chi connectivity index (χ0n) is 10.0. The molecule has 2 aromatic heterocycles. The summed E-state index contributed by atoms with van der Waals surface area (Å²) in [5.74, 6) is -0.950. The number of hydrogen-bond acceptors (Lipinski definition) is 4. The summed E-state index contributed by atoms with van der Waals surface area (Å²) in [7, 11) is 0. The van der Waals surface area contributed by atoms with Gasteiger partial charge in [-0.1, -0.05) is 23.2 Å². The van der Waals surface area contributed by atoms with Crippen molar-refractivity contribution in [3.05, 3.63) is 40.4 Å². The number of anilines is 1. The minimum Gasteiger partial charge on any atom is -0.368 e. The Morgan fingerprint density at radius 1 is 1.30 bits per heavy atom. The van der Waals surface area contributed by atoms with Crippen molar-refractivity contribution < 1.29 is 9.59 Å². The Hall–Kier alpha value is -2.12. The second-order valence-electron chi connectivity index (χ2n) is 3.85. The van der Waals surface area contributed by atoms with Crippen LogP contribution in [0.15, 0.2) is 24.5 Å². The van der Waals surface area contributed by atoms with Crippen LogP contribution in [0.5, 0.6) is 0 Å². The van der Waals surface area contributed by atoms with Gasteiger partial charge in [0.05, 0.1) is 11.9 Å². The van der Waals surface area contributed by atoms with Crippen LogP contribution in [0.2, 0.25) is 10.3 Å². The van der Waals surface area contributed by atoms with Gasteiger partial charge in [-0.05, 0) is 12.1 Å². The predicted molar refractivity (Wildman–Crippen MR) is 73.6 cm³/mol. The molecule has 3 N–H and O–H groups in total. The van der Waals surface area contributed by atoms with E-state index < -0.39 is 11.8 Å². The van der Waals surface area contributed by atoms with Crippen LogP contribution in [0.25, 0.3) is 0 Å². The summed E-state index contributed by atoms with van der Waals surface area (Å²) in [6.45, 7) is -0.0667. The van der Waals surface area contributed by atoms with Crippen molar-refractivity contribution >= 4 is 40.7 Å². The molecule has 0 atom stereocenters. The lowest BCUT2D eigenvalue weighted by Crippen LogP contribution is -2.18. The maximum absolute atomic E-state index is 12.0. The number of pyridine rings is 1. The Balaban J connectivity index is 2.11. The van der Waals surface area contributed by atoms with Crippen LogP contribution >= 0.6 is 23.2 Å². The second-order valence-corrected chi connectivity index (χ2v) is 4.62. The van der Waals surface area contributed by atoms with E-state index in [1.165, 1.54) is 29.2 Å². The highest BCUT2D eigenvalue weighted by Gasteiger charge is 2.10. The first kappa shape index (κ1) is 14.3. The Kier molecular flexibility index (Phi) is 4.21. The van der Waals surface area contributed by atoms with Crippen molar-refractivity contribution in [3.8, 4) is 0 Å². The van der Waals surface area contributed by atoms with Crippen LogP contribution in [0.1, 0.15) is 10.4 Å². The van der Waals surface area contributed by atoms with Crippen molar-refractivity contribution in [2.45, 2.75) is 6.54 Å². The largest absolute Gasteiger partial charge is 0.368 e. The van der Waals surface area contributed by atoms with Gasteiger partial charge in [-0.15, -0.1) is 0 Å². The zero-order chi connectivity index (χ0) is 14.7. The van der Waals surface area contributed by atoms with Gasteiger partial charge in [0.15, 0.2) is 0 Å². The molecule has 2 aromatic rings. The SMILES string of the molecule is NC(=O)Cn1cc(NC(=O)c2cc(Cl)nc(Cl)c2)cn1. The molecule has 2 rings (SSSR count). The van der Waals surface area contributed by atoms with E-state index in [-0.39, 0.29) is 22.4 Å². The predicted octanol–water partition coefficient (Wildman–Crippen LogP) is 1.32. The molecular weight excluding hydrogens is 305 g/mol. The molecule has 0 unspecified atom stereocenters. The Bertz CT molecular complexity index is 650. The highest BCUT2D eigenvalue weighted by atomic mass is 35.5. The topological polar surface area (TPSA) is 103 Å². The smallest absolute Gasteiger partial charge is 0.255 e. The van der Waals surface area contributed by atoms with Crippen molar-refractivity contribution in [2.75, 3.05) is 5.32 Å². The fourth-order valence-corrected chi connectivity index (χ4v) is 1.93. The van der Waals surface area contributed by atoms with Crippen molar-refractivity contribution in [1.82, 2.24) is 14.8 Å². The van der Waals surface area contributed by atoms with Crippen LogP contribution in [0.4, 0.5) is 5.69 Å². The van der Waals surface area contributed by atoms with Gasteiger partial charge in [0.25, 0.3) is 5.91 Å². The summed E-state index contributed by atoms with van der Waals surface area (Å²) in [5.41, 5.74) is 5.71. The van der Waals surface area contributed by atoms with Gasteiger partial charge in [-0.25, -0.2) is 4.98 Å². The van der Waals surface area contributed by atoms with Crippen molar-refractivity contribution in [1.29, 1.82) is 0 Å². The van der Waals surface area contributed by atoms with Gasteiger partial charge in [0.1, 0.15) is 16.9 Å². The number of hydrogen-bond donors (Lipinski definition) is 2. The molecule has 0 aliphatic carbocycles. The average Bonchev–Trinajstić information content (AvgIpc) is 2.74. The standard InChI is InChI=1S/C11H9Cl2N5O2/c12-8-1-6(2-9(13)17-8)11(20)16-7-3-15-18(4-7)5-10(14)19/h1-4H,5H2,(H2,14,19)(H,16,20). The van der Waals surface area contributed by atoms with Crippen LogP contribution in [0, 0.1) is 0 Å². The fourth-order valence-electron chi connectivity index (χ4n) is 1.47. The van der Waals surface area contributed by atoms with E-state index in [4.69, 9.17) is 28.9 Å². The van der Waals surface area contributed by atoms with Gasteiger partial charge in [-0.2, -0.15) is 5.10 Å². The molecule has 0 radical (unpaired) electrons. The highest BCUT2D eigenvalue weighted by molar-refractivity contribution is 6.33. The molecule has 104 valence electrons. The number of nitrogens with one attached hydrogen (secondary N) is 1. The van der Waals surface area contributed by atoms with E-state index in [0.717, 1.165) is 0 Å². The maximum atomic E-state index is 12.0. The minimum absolute atomic E-state index is 0.0667. The van der Waals surface area contributed by atoms with Crippen LogP contribution < -0.4 is 11.1 Å². The molecule has 0 aromatic carbocycles. The number of rotatable bonds is 4. The first-order valence-corrected chi connectivity index (χ1v) is 6.15. The van der Waals surface area contributed by atoms with E-state index in [1.807, 2.05) is 0 Å². The number of carbonyl (C=O) groups is 2. The number of amides is 2. The van der Waals surface area contributed by atoms with E-state index in [2.05, 4.69) is 15.4 Å². The lowest BCUT2D eigenvalue weighted by atomic mass is 10.2. The number of nitrogens with two attached hydrogens (primary N) is 1. The number of carbonyl (C=O) groups excluding carboxylic acids is 2. The highest BCUT2D eigenvalue weighted by Crippen LogP contribution is 2.16. The Morgan fingerprint density at radius 2 is 1.95 bits per heavy atom. The molecule has 9 heteroatoms. The molecule has 20 heavy (non-hydrogen) atoms. The molecule has 7 nitrogen and oxygen atoms in total. The number of primary amides is 1. The Morgan fingerprint density at radius 3 is 2.55 bits per heavy atom. The van der Waals surface area contributed by atoms with Crippen LogP contribution in [-0.4, -0.2) is 26.6 Å². The Labute approximate surface area is 123 Å². The summed E-state index contributed by atoms with van der Waals surface area (Å²) in [4.78, 5) is 26.4. The minimum atomic E-state index is -0.529. The van der Waals surface area contributed by atoms with Gasteiger partial charge >= 0.3 is 0 Å². The van der Waals surface area contributed by atoms with E-state index in [1.54, 1.807) is 0 Å². The third-order valence-corrected chi connectivity index (χ3v) is 2.62. The molecule has 0 saturated carbocycles. The lowest BCUT2D eigenvalue weighted by Gasteiger charge is -2.03. The third kappa shape index (κ3) is 3.69. The van der Waals surface area contributed by atoms with Crippen LogP contribution in [0.3, 0.4) is 0 Å². The first-order valence-electron chi connectivity index (χ1n) is 5.39.